The van der Waals surface area contributed by atoms with Gasteiger partial charge >= 0.3 is 0 Å². The third-order valence-electron chi connectivity index (χ3n) is 4.86. The number of nitrogen functional groups attached to an aromatic ring is 1. The molecule has 130 valence electrons. The maximum absolute atomic E-state index is 9.27. The molecule has 8 nitrogen and oxygen atoms in total. The van der Waals surface area contributed by atoms with E-state index in [4.69, 9.17) is 5.73 Å². The average molecular weight is 331 g/mol. The lowest BCUT2D eigenvalue weighted by molar-refractivity contribution is 0.266. The number of rotatable bonds is 4. The third-order valence-corrected chi connectivity index (χ3v) is 4.86. The molecule has 0 amide bonds. The van der Waals surface area contributed by atoms with E-state index < -0.39 is 0 Å². The maximum atomic E-state index is 9.27. The molecule has 1 aliphatic heterocycles. The molecule has 0 atom stereocenters. The summed E-state index contributed by atoms with van der Waals surface area (Å²) in [6.07, 6.45) is 2.84. The Bertz CT molecular complexity index is 719. The molecule has 0 saturated carbocycles. The molecule has 0 radical (unpaired) electrons. The van der Waals surface area contributed by atoms with Crippen LogP contribution in [-0.4, -0.2) is 42.9 Å². The first-order valence-corrected chi connectivity index (χ1v) is 8.42. The number of aryl methyl sites for hydroxylation is 1. The van der Waals surface area contributed by atoms with Gasteiger partial charge in [-0.2, -0.15) is 4.98 Å². The lowest BCUT2D eigenvalue weighted by atomic mass is 9.95. The van der Waals surface area contributed by atoms with Crippen LogP contribution in [0.2, 0.25) is 0 Å². The Kier molecular flexibility index (Phi) is 4.66. The maximum Gasteiger partial charge on any atom is 0.222 e. The summed E-state index contributed by atoms with van der Waals surface area (Å²) in [5.74, 6) is 3.22. The van der Waals surface area contributed by atoms with E-state index in [2.05, 4.69) is 32.0 Å². The first-order valence-electron chi connectivity index (χ1n) is 8.42. The standard InChI is InChI=1S/C16H25N7O/c1-4-12-10(2)18-16(17)19-15(12)23-7-5-11(6-8-23)14-21-20-13(9-24)22(14)3/h11,24H,4-9H2,1-3H3,(H2,17,18,19). The molecule has 3 N–H and O–H groups in total. The Balaban J connectivity index is 1.77. The van der Waals surface area contributed by atoms with Gasteiger partial charge in [0.05, 0.1) is 0 Å². The number of aromatic nitrogens is 5. The molecule has 3 heterocycles. The van der Waals surface area contributed by atoms with Crippen LogP contribution in [0.3, 0.4) is 0 Å². The molecule has 24 heavy (non-hydrogen) atoms. The van der Waals surface area contributed by atoms with Crippen molar-refractivity contribution in [2.24, 2.45) is 7.05 Å². The van der Waals surface area contributed by atoms with Crippen LogP contribution in [0.15, 0.2) is 0 Å². The van der Waals surface area contributed by atoms with E-state index in [0.717, 1.165) is 49.7 Å². The number of hydrogen-bond acceptors (Lipinski definition) is 7. The summed E-state index contributed by atoms with van der Waals surface area (Å²) < 4.78 is 1.91. The van der Waals surface area contributed by atoms with Crippen molar-refractivity contribution in [1.82, 2.24) is 24.7 Å². The fourth-order valence-corrected chi connectivity index (χ4v) is 3.50. The quantitative estimate of drug-likeness (QED) is 0.858. The molecule has 0 aromatic carbocycles. The highest BCUT2D eigenvalue weighted by Crippen LogP contribution is 2.31. The van der Waals surface area contributed by atoms with Gasteiger partial charge < -0.3 is 20.3 Å². The first kappa shape index (κ1) is 16.6. The minimum atomic E-state index is -0.0817. The molecule has 0 unspecified atom stereocenters. The summed E-state index contributed by atoms with van der Waals surface area (Å²) in [6, 6.07) is 0. The average Bonchev–Trinajstić information content (AvgIpc) is 2.95. The van der Waals surface area contributed by atoms with E-state index in [1.807, 2.05) is 18.5 Å². The SMILES string of the molecule is CCc1c(C)nc(N)nc1N1CCC(c2nnc(CO)n2C)CC1. The highest BCUT2D eigenvalue weighted by atomic mass is 16.3. The number of anilines is 2. The minimum absolute atomic E-state index is 0.0817. The van der Waals surface area contributed by atoms with Gasteiger partial charge in [0, 0.05) is 37.3 Å². The number of nitrogens with zero attached hydrogens (tertiary/aromatic N) is 6. The smallest absolute Gasteiger partial charge is 0.222 e. The molecule has 1 saturated heterocycles. The van der Waals surface area contributed by atoms with Gasteiger partial charge in [-0.15, -0.1) is 10.2 Å². The van der Waals surface area contributed by atoms with Crippen molar-refractivity contribution < 1.29 is 5.11 Å². The number of aliphatic hydroxyl groups excluding tert-OH is 1. The van der Waals surface area contributed by atoms with Gasteiger partial charge in [0.15, 0.2) is 5.82 Å². The Labute approximate surface area is 141 Å². The summed E-state index contributed by atoms with van der Waals surface area (Å²) in [5, 5.41) is 17.6. The molecule has 8 heteroatoms. The van der Waals surface area contributed by atoms with Gasteiger partial charge in [-0.3, -0.25) is 0 Å². The monoisotopic (exact) mass is 331 g/mol. The minimum Gasteiger partial charge on any atom is -0.388 e. The molecule has 2 aromatic rings. The van der Waals surface area contributed by atoms with Crippen LogP contribution >= 0.6 is 0 Å². The van der Waals surface area contributed by atoms with Crippen molar-refractivity contribution in [3.8, 4) is 0 Å². The zero-order valence-corrected chi connectivity index (χ0v) is 14.5. The van der Waals surface area contributed by atoms with Crippen LogP contribution in [0.1, 0.15) is 48.6 Å². The summed E-state index contributed by atoms with van der Waals surface area (Å²) in [7, 11) is 1.91. The molecule has 0 spiro atoms. The fraction of sp³-hybridized carbons (Fsp3) is 0.625. The van der Waals surface area contributed by atoms with E-state index in [-0.39, 0.29) is 6.61 Å². The van der Waals surface area contributed by atoms with Crippen LogP contribution in [0, 0.1) is 6.92 Å². The zero-order valence-electron chi connectivity index (χ0n) is 14.5. The summed E-state index contributed by atoms with van der Waals surface area (Å²) >= 11 is 0. The summed E-state index contributed by atoms with van der Waals surface area (Å²) in [5.41, 5.74) is 7.98. The van der Waals surface area contributed by atoms with Crippen LogP contribution in [0.5, 0.6) is 0 Å². The lowest BCUT2D eigenvalue weighted by Crippen LogP contribution is -2.35. The molecule has 0 bridgehead atoms. The molecular formula is C16H25N7O. The van der Waals surface area contributed by atoms with E-state index in [0.29, 0.717) is 17.7 Å². The van der Waals surface area contributed by atoms with Crippen molar-refractivity contribution in [2.45, 2.75) is 45.6 Å². The second-order valence-electron chi connectivity index (χ2n) is 6.28. The number of hydrogen-bond donors (Lipinski definition) is 2. The van der Waals surface area contributed by atoms with E-state index >= 15 is 0 Å². The van der Waals surface area contributed by atoms with Gasteiger partial charge in [0.1, 0.15) is 18.2 Å². The van der Waals surface area contributed by atoms with Crippen molar-refractivity contribution in [2.75, 3.05) is 23.7 Å². The van der Waals surface area contributed by atoms with Gasteiger partial charge in [-0.05, 0) is 26.2 Å². The van der Waals surface area contributed by atoms with Crippen LogP contribution in [0.4, 0.5) is 11.8 Å². The second kappa shape index (κ2) is 6.72. The molecular weight excluding hydrogens is 306 g/mol. The van der Waals surface area contributed by atoms with Crippen molar-refractivity contribution in [3.05, 3.63) is 22.9 Å². The fourth-order valence-electron chi connectivity index (χ4n) is 3.50. The highest BCUT2D eigenvalue weighted by molar-refractivity contribution is 5.52. The number of piperidine rings is 1. The van der Waals surface area contributed by atoms with E-state index in [1.165, 1.54) is 5.56 Å². The van der Waals surface area contributed by atoms with E-state index in [9.17, 15) is 5.11 Å². The zero-order chi connectivity index (χ0) is 17.3. The second-order valence-corrected chi connectivity index (χ2v) is 6.28. The normalized spacial score (nSPS) is 15.9. The molecule has 3 rings (SSSR count). The topological polar surface area (TPSA) is 106 Å². The Morgan fingerprint density at radius 3 is 2.50 bits per heavy atom. The van der Waals surface area contributed by atoms with Crippen LogP contribution < -0.4 is 10.6 Å². The first-order chi connectivity index (χ1) is 11.5. The predicted octanol–water partition coefficient (Wildman–Crippen LogP) is 0.934. The molecule has 2 aromatic heterocycles. The molecule has 0 aliphatic carbocycles. The Morgan fingerprint density at radius 1 is 1.21 bits per heavy atom. The van der Waals surface area contributed by atoms with Gasteiger partial charge in [-0.1, -0.05) is 6.92 Å². The Morgan fingerprint density at radius 2 is 1.92 bits per heavy atom. The number of aliphatic hydroxyl groups is 1. The van der Waals surface area contributed by atoms with Gasteiger partial charge in [0.2, 0.25) is 5.95 Å². The summed E-state index contributed by atoms with van der Waals surface area (Å²) in [4.78, 5) is 11.1. The van der Waals surface area contributed by atoms with Crippen molar-refractivity contribution in [3.63, 3.8) is 0 Å². The van der Waals surface area contributed by atoms with Crippen LogP contribution in [0.25, 0.3) is 0 Å². The Hall–Kier alpha value is -2.22. The predicted molar refractivity (Wildman–Crippen MR) is 91.7 cm³/mol. The molecule has 1 aliphatic rings. The highest BCUT2D eigenvalue weighted by Gasteiger charge is 2.27. The lowest BCUT2D eigenvalue weighted by Gasteiger charge is -2.33. The van der Waals surface area contributed by atoms with Crippen molar-refractivity contribution >= 4 is 11.8 Å². The molecule has 1 fully saturated rings. The van der Waals surface area contributed by atoms with E-state index in [1.54, 1.807) is 0 Å². The number of nitrogens with two attached hydrogens (primary N) is 1. The van der Waals surface area contributed by atoms with Crippen LogP contribution in [-0.2, 0) is 20.1 Å². The third kappa shape index (κ3) is 2.93. The van der Waals surface area contributed by atoms with Gasteiger partial charge in [0.25, 0.3) is 0 Å². The van der Waals surface area contributed by atoms with Gasteiger partial charge in [-0.25, -0.2) is 4.98 Å². The van der Waals surface area contributed by atoms with Crippen molar-refractivity contribution in [1.29, 1.82) is 0 Å². The summed E-state index contributed by atoms with van der Waals surface area (Å²) in [6.45, 7) is 5.82. The largest absolute Gasteiger partial charge is 0.388 e.